The van der Waals surface area contributed by atoms with Crippen molar-refractivity contribution >= 4 is 11.8 Å². The van der Waals surface area contributed by atoms with Gasteiger partial charge < -0.3 is 10.2 Å². The molecule has 2 aliphatic rings. The van der Waals surface area contributed by atoms with E-state index in [4.69, 9.17) is 0 Å². The first-order valence-corrected chi connectivity index (χ1v) is 9.24. The van der Waals surface area contributed by atoms with Gasteiger partial charge in [-0.3, -0.25) is 19.3 Å². The molecule has 0 unspecified atom stereocenters. The molecule has 0 radical (unpaired) electrons. The van der Waals surface area contributed by atoms with Crippen LogP contribution in [-0.2, 0) is 13.0 Å². The molecule has 2 aliphatic heterocycles. The second kappa shape index (κ2) is 7.27. The van der Waals surface area contributed by atoms with E-state index in [1.165, 1.54) is 0 Å². The number of carbonyl (C=O) groups excluding carboxylic acids is 2. The van der Waals surface area contributed by atoms with Crippen molar-refractivity contribution in [3.05, 3.63) is 47.5 Å². The topological polar surface area (TPSA) is 80.1 Å². The van der Waals surface area contributed by atoms with Gasteiger partial charge in [-0.15, -0.1) is 0 Å². The van der Waals surface area contributed by atoms with Gasteiger partial charge in [0, 0.05) is 38.6 Å². The van der Waals surface area contributed by atoms with Gasteiger partial charge in [-0.05, 0) is 43.7 Å². The Morgan fingerprint density at radius 1 is 1.19 bits per heavy atom. The van der Waals surface area contributed by atoms with Gasteiger partial charge >= 0.3 is 0 Å². The molecule has 1 atom stereocenters. The monoisotopic (exact) mass is 353 g/mol. The van der Waals surface area contributed by atoms with Gasteiger partial charge in [0.1, 0.15) is 0 Å². The van der Waals surface area contributed by atoms with Crippen molar-refractivity contribution in [2.24, 2.45) is 5.92 Å². The van der Waals surface area contributed by atoms with Crippen LogP contribution in [0.15, 0.2) is 30.7 Å². The minimum absolute atomic E-state index is 0.101. The van der Waals surface area contributed by atoms with Crippen LogP contribution in [0.3, 0.4) is 0 Å². The van der Waals surface area contributed by atoms with Crippen LogP contribution in [-0.4, -0.2) is 51.1 Å². The van der Waals surface area contributed by atoms with Crippen LogP contribution < -0.4 is 5.32 Å². The van der Waals surface area contributed by atoms with Crippen LogP contribution >= 0.6 is 0 Å². The summed E-state index contributed by atoms with van der Waals surface area (Å²) >= 11 is 0. The molecule has 26 heavy (non-hydrogen) atoms. The number of amides is 2. The zero-order valence-corrected chi connectivity index (χ0v) is 14.7. The van der Waals surface area contributed by atoms with E-state index in [0.29, 0.717) is 18.0 Å². The van der Waals surface area contributed by atoms with Crippen LogP contribution in [0, 0.1) is 5.92 Å². The quantitative estimate of drug-likeness (QED) is 0.903. The number of nitrogens with zero attached hydrogens (tertiary/aromatic N) is 4. The third-order valence-electron chi connectivity index (χ3n) is 5.28. The summed E-state index contributed by atoms with van der Waals surface area (Å²) in [4.78, 5) is 30.8. The Morgan fingerprint density at radius 2 is 2.04 bits per heavy atom. The number of carbonyl (C=O) groups is 2. The second-order valence-electron chi connectivity index (χ2n) is 7.04. The fourth-order valence-electron chi connectivity index (χ4n) is 3.78. The molecule has 4 rings (SSSR count). The van der Waals surface area contributed by atoms with Gasteiger partial charge in [0.25, 0.3) is 11.8 Å². The Balaban J connectivity index is 1.40. The van der Waals surface area contributed by atoms with E-state index in [1.54, 1.807) is 30.7 Å². The molecule has 2 aromatic heterocycles. The van der Waals surface area contributed by atoms with Gasteiger partial charge in [-0.25, -0.2) is 0 Å². The fourth-order valence-corrected chi connectivity index (χ4v) is 3.78. The number of likely N-dealkylation sites (tertiary alicyclic amines) is 1. The molecule has 7 nitrogen and oxygen atoms in total. The van der Waals surface area contributed by atoms with Crippen LogP contribution in [0.5, 0.6) is 0 Å². The first-order chi connectivity index (χ1) is 12.7. The molecule has 2 aromatic rings. The lowest BCUT2D eigenvalue weighted by atomic mass is 9.94. The van der Waals surface area contributed by atoms with E-state index in [0.717, 1.165) is 56.6 Å². The van der Waals surface area contributed by atoms with E-state index >= 15 is 0 Å². The van der Waals surface area contributed by atoms with E-state index in [-0.39, 0.29) is 11.8 Å². The van der Waals surface area contributed by atoms with Gasteiger partial charge in [-0.1, -0.05) is 0 Å². The Morgan fingerprint density at radius 3 is 2.81 bits per heavy atom. The Hall–Kier alpha value is -2.70. The number of aromatic nitrogens is 3. The zero-order chi connectivity index (χ0) is 17.9. The number of pyridine rings is 1. The third-order valence-corrected chi connectivity index (χ3v) is 5.28. The summed E-state index contributed by atoms with van der Waals surface area (Å²) in [5.74, 6) is 0.305. The summed E-state index contributed by atoms with van der Waals surface area (Å²) in [6.45, 7) is 3.06. The number of hydrogen-bond donors (Lipinski definition) is 1. The standard InChI is InChI=1S/C19H23N5O2/c25-18(15-4-3-6-20-12-15)21-11-14-5-9-24-17(10-14)16(13-22-24)19(26)23-7-1-2-8-23/h3-4,6,12-14H,1-2,5,7-11H2,(H,21,25)/t14-/m0/s1. The molecular formula is C19H23N5O2. The summed E-state index contributed by atoms with van der Waals surface area (Å²) < 4.78 is 1.95. The van der Waals surface area contributed by atoms with Gasteiger partial charge in [0.2, 0.25) is 0 Å². The molecule has 2 amide bonds. The minimum Gasteiger partial charge on any atom is -0.352 e. The third kappa shape index (κ3) is 3.34. The molecule has 0 bridgehead atoms. The Labute approximate surface area is 152 Å². The second-order valence-corrected chi connectivity index (χ2v) is 7.04. The highest BCUT2D eigenvalue weighted by Crippen LogP contribution is 2.24. The van der Waals surface area contributed by atoms with Gasteiger partial charge in [0.15, 0.2) is 0 Å². The van der Waals surface area contributed by atoms with E-state index in [9.17, 15) is 9.59 Å². The molecule has 0 aliphatic carbocycles. The minimum atomic E-state index is -0.106. The molecule has 7 heteroatoms. The smallest absolute Gasteiger partial charge is 0.257 e. The Kier molecular flexibility index (Phi) is 4.69. The summed E-state index contributed by atoms with van der Waals surface area (Å²) in [5, 5.41) is 7.39. The van der Waals surface area contributed by atoms with Crippen molar-refractivity contribution in [1.29, 1.82) is 0 Å². The van der Waals surface area contributed by atoms with E-state index < -0.39 is 0 Å². The fraction of sp³-hybridized carbons (Fsp3) is 0.474. The van der Waals surface area contributed by atoms with Crippen molar-refractivity contribution < 1.29 is 9.59 Å². The maximum atomic E-state index is 12.7. The summed E-state index contributed by atoms with van der Waals surface area (Å²) in [6, 6.07) is 3.51. The van der Waals surface area contributed by atoms with E-state index in [1.807, 2.05) is 9.58 Å². The van der Waals surface area contributed by atoms with Crippen LogP contribution in [0.25, 0.3) is 0 Å². The number of rotatable bonds is 4. The lowest BCUT2D eigenvalue weighted by Gasteiger charge is -2.25. The lowest BCUT2D eigenvalue weighted by Crippen LogP contribution is -2.34. The molecule has 1 saturated heterocycles. The SMILES string of the molecule is O=C(NC[C@H]1CCn2ncc(C(=O)N3CCCC3)c2C1)c1cccnc1. The van der Waals surface area contributed by atoms with Crippen LogP contribution in [0.4, 0.5) is 0 Å². The normalized spacial score (nSPS) is 19.2. The molecule has 136 valence electrons. The predicted octanol–water partition coefficient (Wildman–Crippen LogP) is 1.51. The van der Waals surface area contributed by atoms with Crippen molar-refractivity contribution in [3.63, 3.8) is 0 Å². The summed E-state index contributed by atoms with van der Waals surface area (Å²) in [5.41, 5.74) is 2.31. The van der Waals surface area contributed by atoms with Crippen LogP contribution in [0.2, 0.25) is 0 Å². The molecule has 1 N–H and O–H groups in total. The molecule has 4 heterocycles. The predicted molar refractivity (Wildman–Crippen MR) is 95.7 cm³/mol. The molecule has 0 aromatic carbocycles. The van der Waals surface area contributed by atoms with Crippen molar-refractivity contribution in [2.45, 2.75) is 32.2 Å². The summed E-state index contributed by atoms with van der Waals surface area (Å²) in [7, 11) is 0. The number of aryl methyl sites for hydroxylation is 1. The average molecular weight is 353 g/mol. The molecule has 1 fully saturated rings. The molecule has 0 spiro atoms. The van der Waals surface area contributed by atoms with Crippen molar-refractivity contribution in [1.82, 2.24) is 25.0 Å². The maximum absolute atomic E-state index is 12.7. The Bertz CT molecular complexity index is 796. The maximum Gasteiger partial charge on any atom is 0.257 e. The number of hydrogen-bond acceptors (Lipinski definition) is 4. The molecule has 0 saturated carbocycles. The largest absolute Gasteiger partial charge is 0.352 e. The van der Waals surface area contributed by atoms with Crippen molar-refractivity contribution in [2.75, 3.05) is 19.6 Å². The average Bonchev–Trinajstić information content (AvgIpc) is 3.36. The van der Waals surface area contributed by atoms with Crippen molar-refractivity contribution in [3.8, 4) is 0 Å². The first-order valence-electron chi connectivity index (χ1n) is 9.24. The number of nitrogens with one attached hydrogen (secondary N) is 1. The number of fused-ring (bicyclic) bond motifs is 1. The summed E-state index contributed by atoms with van der Waals surface area (Å²) in [6.07, 6.45) is 8.81. The highest BCUT2D eigenvalue weighted by atomic mass is 16.2. The lowest BCUT2D eigenvalue weighted by molar-refractivity contribution is 0.0790. The van der Waals surface area contributed by atoms with Crippen LogP contribution in [0.1, 0.15) is 45.7 Å². The van der Waals surface area contributed by atoms with Gasteiger partial charge in [0.05, 0.1) is 23.0 Å². The highest BCUT2D eigenvalue weighted by Gasteiger charge is 2.28. The van der Waals surface area contributed by atoms with E-state index in [2.05, 4.69) is 15.4 Å². The molecular weight excluding hydrogens is 330 g/mol. The zero-order valence-electron chi connectivity index (χ0n) is 14.7. The first kappa shape index (κ1) is 16.8. The highest BCUT2D eigenvalue weighted by molar-refractivity contribution is 5.95. The van der Waals surface area contributed by atoms with Gasteiger partial charge in [-0.2, -0.15) is 5.10 Å².